The van der Waals surface area contributed by atoms with Crippen LogP contribution in [0.3, 0.4) is 0 Å². The lowest BCUT2D eigenvalue weighted by Gasteiger charge is -2.21. The molecular formula is C12H18N2. The van der Waals surface area contributed by atoms with Crippen LogP contribution in [0.15, 0.2) is 6.20 Å². The zero-order valence-corrected chi connectivity index (χ0v) is 9.22. The third-order valence-corrected chi connectivity index (χ3v) is 3.06. The molecule has 0 aliphatic carbocycles. The first-order valence-electron chi connectivity index (χ1n) is 5.38. The van der Waals surface area contributed by atoms with Crippen LogP contribution in [0.4, 0.5) is 0 Å². The Morgan fingerprint density at radius 2 is 2.21 bits per heavy atom. The minimum atomic E-state index is 0.578. The average molecular weight is 190 g/mol. The number of aromatic nitrogens is 1. The third kappa shape index (κ3) is 1.55. The summed E-state index contributed by atoms with van der Waals surface area (Å²) in [5, 5.41) is 3.41. The van der Waals surface area contributed by atoms with Crippen molar-refractivity contribution in [3.8, 4) is 0 Å². The summed E-state index contributed by atoms with van der Waals surface area (Å²) in [5.74, 6) is 0.578. The molecule has 1 aromatic rings. The van der Waals surface area contributed by atoms with Crippen LogP contribution in [0.1, 0.15) is 42.1 Å². The van der Waals surface area contributed by atoms with Crippen LogP contribution in [0.25, 0.3) is 0 Å². The Balaban J connectivity index is 2.49. The number of hydrogen-bond donors (Lipinski definition) is 1. The molecule has 14 heavy (non-hydrogen) atoms. The molecule has 0 amide bonds. The summed E-state index contributed by atoms with van der Waals surface area (Å²) < 4.78 is 0. The maximum Gasteiger partial charge on any atom is 0.0464 e. The van der Waals surface area contributed by atoms with Gasteiger partial charge < -0.3 is 5.32 Å². The number of fused-ring (bicyclic) bond motifs is 1. The highest BCUT2D eigenvalue weighted by Gasteiger charge is 2.15. The van der Waals surface area contributed by atoms with Gasteiger partial charge in [0.1, 0.15) is 0 Å². The van der Waals surface area contributed by atoms with Crippen LogP contribution in [0, 0.1) is 6.92 Å². The monoisotopic (exact) mass is 190 g/mol. The Kier molecular flexibility index (Phi) is 2.55. The maximum absolute atomic E-state index is 4.56. The van der Waals surface area contributed by atoms with Gasteiger partial charge in [0.15, 0.2) is 0 Å². The van der Waals surface area contributed by atoms with Gasteiger partial charge in [-0.3, -0.25) is 4.98 Å². The van der Waals surface area contributed by atoms with Gasteiger partial charge in [0.25, 0.3) is 0 Å². The highest BCUT2D eigenvalue weighted by atomic mass is 14.9. The molecule has 2 heterocycles. The number of hydrogen-bond acceptors (Lipinski definition) is 2. The van der Waals surface area contributed by atoms with Crippen LogP contribution in [-0.4, -0.2) is 11.5 Å². The van der Waals surface area contributed by atoms with E-state index in [4.69, 9.17) is 0 Å². The lowest BCUT2D eigenvalue weighted by atomic mass is 9.93. The van der Waals surface area contributed by atoms with E-state index in [0.717, 1.165) is 19.5 Å². The largest absolute Gasteiger partial charge is 0.312 e. The molecule has 0 spiro atoms. The molecule has 2 rings (SSSR count). The second kappa shape index (κ2) is 3.70. The van der Waals surface area contributed by atoms with E-state index in [1.807, 2.05) is 0 Å². The van der Waals surface area contributed by atoms with Gasteiger partial charge in [-0.25, -0.2) is 0 Å². The van der Waals surface area contributed by atoms with Gasteiger partial charge in [0.2, 0.25) is 0 Å². The van der Waals surface area contributed by atoms with Crippen molar-refractivity contribution in [2.75, 3.05) is 6.54 Å². The first-order chi connectivity index (χ1) is 6.70. The fraction of sp³-hybridized carbons (Fsp3) is 0.583. The van der Waals surface area contributed by atoms with E-state index in [1.54, 1.807) is 0 Å². The smallest absolute Gasteiger partial charge is 0.0464 e. The van der Waals surface area contributed by atoms with E-state index in [0.29, 0.717) is 5.92 Å². The molecule has 0 bridgehead atoms. The minimum Gasteiger partial charge on any atom is -0.312 e. The van der Waals surface area contributed by atoms with Gasteiger partial charge in [-0.1, -0.05) is 13.8 Å². The van der Waals surface area contributed by atoms with Crippen LogP contribution >= 0.6 is 0 Å². The van der Waals surface area contributed by atoms with E-state index < -0.39 is 0 Å². The molecule has 1 N–H and O–H groups in total. The van der Waals surface area contributed by atoms with Gasteiger partial charge >= 0.3 is 0 Å². The van der Waals surface area contributed by atoms with Crippen molar-refractivity contribution in [3.63, 3.8) is 0 Å². The van der Waals surface area contributed by atoms with Gasteiger partial charge in [-0.2, -0.15) is 0 Å². The third-order valence-electron chi connectivity index (χ3n) is 3.06. The lowest BCUT2D eigenvalue weighted by molar-refractivity contribution is 0.622. The van der Waals surface area contributed by atoms with E-state index in [1.165, 1.54) is 22.4 Å². The molecular weight excluding hydrogens is 172 g/mol. The van der Waals surface area contributed by atoms with E-state index in [9.17, 15) is 0 Å². The minimum absolute atomic E-state index is 0.578. The van der Waals surface area contributed by atoms with Crippen molar-refractivity contribution in [3.05, 3.63) is 28.6 Å². The highest BCUT2D eigenvalue weighted by molar-refractivity contribution is 5.38. The zero-order valence-electron chi connectivity index (χ0n) is 9.22. The molecule has 0 aromatic carbocycles. The molecule has 2 heteroatoms. The highest BCUT2D eigenvalue weighted by Crippen LogP contribution is 2.24. The molecule has 1 aliphatic rings. The molecule has 1 aromatic heterocycles. The van der Waals surface area contributed by atoms with Crippen molar-refractivity contribution in [1.82, 2.24) is 10.3 Å². The molecule has 0 fully saturated rings. The Hall–Kier alpha value is -0.890. The first kappa shape index (κ1) is 9.66. The van der Waals surface area contributed by atoms with Crippen LogP contribution < -0.4 is 5.32 Å². The van der Waals surface area contributed by atoms with Crippen LogP contribution in [0.2, 0.25) is 0 Å². The molecule has 2 nitrogen and oxygen atoms in total. The van der Waals surface area contributed by atoms with Gasteiger partial charge in [-0.15, -0.1) is 0 Å². The molecule has 0 saturated carbocycles. The molecule has 1 aliphatic heterocycles. The molecule has 0 unspecified atom stereocenters. The maximum atomic E-state index is 4.56. The van der Waals surface area contributed by atoms with E-state index >= 15 is 0 Å². The Bertz CT molecular complexity index is 342. The van der Waals surface area contributed by atoms with Gasteiger partial charge in [-0.05, 0) is 29.5 Å². The van der Waals surface area contributed by atoms with Crippen molar-refractivity contribution in [2.45, 2.75) is 39.7 Å². The predicted octanol–water partition coefficient (Wildman–Crippen LogP) is 2.16. The lowest BCUT2D eigenvalue weighted by Crippen LogP contribution is -2.26. The summed E-state index contributed by atoms with van der Waals surface area (Å²) in [6, 6.07) is 0. The zero-order chi connectivity index (χ0) is 10.1. The fourth-order valence-electron chi connectivity index (χ4n) is 2.17. The normalized spacial score (nSPS) is 15.7. The van der Waals surface area contributed by atoms with E-state index in [2.05, 4.69) is 37.3 Å². The van der Waals surface area contributed by atoms with Gasteiger partial charge in [0, 0.05) is 31.4 Å². The summed E-state index contributed by atoms with van der Waals surface area (Å²) in [4.78, 5) is 4.56. The molecule has 76 valence electrons. The number of nitrogens with zero attached hydrogens (tertiary/aromatic N) is 1. The summed E-state index contributed by atoms with van der Waals surface area (Å²) in [6.45, 7) is 8.75. The molecule has 0 radical (unpaired) electrons. The standard InChI is InChI=1S/C12H18N2/c1-8(2)10-7-14-12-4-5-13-6-11(12)9(10)3/h7-8,13H,4-6H2,1-3H3. The first-order valence-corrected chi connectivity index (χ1v) is 5.38. The summed E-state index contributed by atoms with van der Waals surface area (Å²) >= 11 is 0. The summed E-state index contributed by atoms with van der Waals surface area (Å²) in [5.41, 5.74) is 5.57. The summed E-state index contributed by atoms with van der Waals surface area (Å²) in [7, 11) is 0. The van der Waals surface area contributed by atoms with Crippen LogP contribution in [0.5, 0.6) is 0 Å². The summed E-state index contributed by atoms with van der Waals surface area (Å²) in [6.07, 6.45) is 3.14. The quantitative estimate of drug-likeness (QED) is 0.734. The SMILES string of the molecule is Cc1c(C(C)C)cnc2c1CNCC2. The van der Waals surface area contributed by atoms with Crippen LogP contribution in [-0.2, 0) is 13.0 Å². The van der Waals surface area contributed by atoms with E-state index in [-0.39, 0.29) is 0 Å². The Morgan fingerprint density at radius 1 is 1.43 bits per heavy atom. The second-order valence-corrected chi connectivity index (χ2v) is 4.35. The van der Waals surface area contributed by atoms with Crippen molar-refractivity contribution in [1.29, 1.82) is 0 Å². The number of rotatable bonds is 1. The molecule has 0 atom stereocenters. The number of nitrogens with one attached hydrogen (secondary N) is 1. The molecule has 0 saturated heterocycles. The van der Waals surface area contributed by atoms with Gasteiger partial charge in [0.05, 0.1) is 0 Å². The number of pyridine rings is 1. The second-order valence-electron chi connectivity index (χ2n) is 4.35. The predicted molar refractivity (Wildman–Crippen MR) is 58.5 cm³/mol. The average Bonchev–Trinajstić information content (AvgIpc) is 2.18. The topological polar surface area (TPSA) is 24.9 Å². The fourth-order valence-corrected chi connectivity index (χ4v) is 2.17. The van der Waals surface area contributed by atoms with Crippen molar-refractivity contribution < 1.29 is 0 Å². The Labute approximate surface area is 85.7 Å². The van der Waals surface area contributed by atoms with Crippen molar-refractivity contribution >= 4 is 0 Å². The Morgan fingerprint density at radius 3 is 2.93 bits per heavy atom. The van der Waals surface area contributed by atoms with Crippen molar-refractivity contribution in [2.24, 2.45) is 0 Å².